The van der Waals surface area contributed by atoms with Crippen LogP contribution in [0, 0.1) is 0 Å². The monoisotopic (exact) mass is 281 g/mol. The number of rotatable bonds is 8. The van der Waals surface area contributed by atoms with Crippen LogP contribution < -0.4 is 5.73 Å². The molecule has 0 radical (unpaired) electrons. The van der Waals surface area contributed by atoms with Crippen molar-refractivity contribution in [1.29, 1.82) is 0 Å². The van der Waals surface area contributed by atoms with Gasteiger partial charge in [-0.25, -0.2) is 0 Å². The molecule has 0 aliphatic rings. The lowest BCUT2D eigenvalue weighted by atomic mass is 10.1. The van der Waals surface area contributed by atoms with Gasteiger partial charge in [0.05, 0.1) is 18.8 Å². The highest BCUT2D eigenvalue weighted by Crippen LogP contribution is 2.19. The van der Waals surface area contributed by atoms with Crippen molar-refractivity contribution in [3.8, 4) is 0 Å². The van der Waals surface area contributed by atoms with Crippen LogP contribution in [0.25, 0.3) is 0 Å². The first-order valence-electron chi connectivity index (χ1n) is 6.10. The number of nitrogens with two attached hydrogens (primary N) is 1. The van der Waals surface area contributed by atoms with E-state index in [2.05, 4.69) is 0 Å². The maximum atomic E-state index is 11.4. The van der Waals surface area contributed by atoms with E-state index in [1.54, 1.807) is 0 Å². The van der Waals surface area contributed by atoms with Gasteiger partial charge in [-0.05, 0) is 31.0 Å². The molecule has 0 amide bonds. The Balaban J connectivity index is 2.44. The van der Waals surface area contributed by atoms with Crippen LogP contribution in [-0.4, -0.2) is 35.1 Å². The highest BCUT2D eigenvalue weighted by atomic mass is 32.2. The Kier molecular flexibility index (Phi) is 6.77. The quantitative estimate of drug-likeness (QED) is 0.552. The summed E-state index contributed by atoms with van der Waals surface area (Å²) in [6.45, 7) is 1.39. The first-order chi connectivity index (χ1) is 9.01. The van der Waals surface area contributed by atoms with Gasteiger partial charge in [0.1, 0.15) is 11.6 Å². The van der Waals surface area contributed by atoms with E-state index < -0.39 is 0 Å². The molecule has 4 nitrogen and oxygen atoms in total. The molecular weight excluding hydrogens is 262 g/mol. The zero-order valence-electron chi connectivity index (χ0n) is 11.0. The Morgan fingerprint density at radius 1 is 1.32 bits per heavy atom. The predicted octanol–water partition coefficient (Wildman–Crippen LogP) is 1.19. The van der Waals surface area contributed by atoms with Crippen molar-refractivity contribution >= 4 is 23.3 Å². The summed E-state index contributed by atoms with van der Waals surface area (Å²) < 4.78 is 0. The number of hydrogen-bond acceptors (Lipinski definition) is 5. The van der Waals surface area contributed by atoms with E-state index >= 15 is 0 Å². The summed E-state index contributed by atoms with van der Waals surface area (Å²) >= 11 is 1.42. The molecule has 0 fully saturated rings. The van der Waals surface area contributed by atoms with Crippen LogP contribution in [0.15, 0.2) is 29.2 Å². The molecule has 5 heteroatoms. The second kappa shape index (κ2) is 8.09. The Morgan fingerprint density at radius 2 is 1.95 bits per heavy atom. The van der Waals surface area contributed by atoms with Crippen molar-refractivity contribution in [2.24, 2.45) is 5.73 Å². The Labute approximate surface area is 117 Å². The first-order valence-corrected chi connectivity index (χ1v) is 7.09. The molecule has 0 aromatic heterocycles. The Hall–Kier alpha value is -1.17. The van der Waals surface area contributed by atoms with Gasteiger partial charge in [-0.15, -0.1) is 11.8 Å². The van der Waals surface area contributed by atoms with Crippen LogP contribution >= 0.6 is 11.8 Å². The molecule has 104 valence electrons. The summed E-state index contributed by atoms with van der Waals surface area (Å²) in [6, 6.07) is 7.48. The van der Waals surface area contributed by atoms with Gasteiger partial charge in [-0.3, -0.25) is 9.59 Å². The van der Waals surface area contributed by atoms with Gasteiger partial charge in [-0.2, -0.15) is 0 Å². The van der Waals surface area contributed by atoms with E-state index in [1.165, 1.54) is 18.7 Å². The number of aliphatic hydroxyl groups excluding tert-OH is 1. The van der Waals surface area contributed by atoms with E-state index in [4.69, 9.17) is 10.8 Å². The summed E-state index contributed by atoms with van der Waals surface area (Å²) in [4.78, 5) is 23.2. The van der Waals surface area contributed by atoms with Crippen molar-refractivity contribution in [3.63, 3.8) is 0 Å². The van der Waals surface area contributed by atoms with Gasteiger partial charge in [0.2, 0.25) is 0 Å². The van der Waals surface area contributed by atoms with Crippen molar-refractivity contribution in [2.75, 3.05) is 12.4 Å². The SMILES string of the molecule is CC(=O)CC(=O)CSc1ccc(CC(N)CO)cc1. The van der Waals surface area contributed by atoms with Crippen LogP contribution in [0.3, 0.4) is 0 Å². The summed E-state index contributed by atoms with van der Waals surface area (Å²) in [5.74, 6) is 0.164. The number of benzene rings is 1. The van der Waals surface area contributed by atoms with Crippen molar-refractivity contribution in [3.05, 3.63) is 29.8 Å². The van der Waals surface area contributed by atoms with Crippen LogP contribution in [0.4, 0.5) is 0 Å². The van der Waals surface area contributed by atoms with E-state index in [9.17, 15) is 9.59 Å². The summed E-state index contributed by atoms with van der Waals surface area (Å²) in [5, 5.41) is 8.87. The molecule has 0 bridgehead atoms. The van der Waals surface area contributed by atoms with Crippen molar-refractivity contribution in [1.82, 2.24) is 0 Å². The minimum atomic E-state index is -0.240. The maximum absolute atomic E-state index is 11.4. The smallest absolute Gasteiger partial charge is 0.150 e. The number of ketones is 2. The Bertz CT molecular complexity index is 431. The third-order valence-corrected chi connectivity index (χ3v) is 3.57. The van der Waals surface area contributed by atoms with Crippen LogP contribution in [-0.2, 0) is 16.0 Å². The molecule has 0 spiro atoms. The molecule has 0 heterocycles. The number of carbonyl (C=O) groups excluding carboxylic acids is 2. The fourth-order valence-electron chi connectivity index (χ4n) is 1.58. The molecule has 1 atom stereocenters. The molecule has 1 unspecified atom stereocenters. The molecule has 0 aliphatic heterocycles. The number of hydrogen-bond donors (Lipinski definition) is 2. The van der Waals surface area contributed by atoms with E-state index in [-0.39, 0.29) is 30.6 Å². The van der Waals surface area contributed by atoms with Gasteiger partial charge in [-0.1, -0.05) is 12.1 Å². The van der Waals surface area contributed by atoms with Gasteiger partial charge in [0.25, 0.3) is 0 Å². The summed E-state index contributed by atoms with van der Waals surface area (Å²) in [5.41, 5.74) is 6.71. The van der Waals surface area contributed by atoms with Gasteiger partial charge in [0, 0.05) is 10.9 Å². The Morgan fingerprint density at radius 3 is 2.47 bits per heavy atom. The average molecular weight is 281 g/mol. The number of thioether (sulfide) groups is 1. The topological polar surface area (TPSA) is 80.4 Å². The van der Waals surface area contributed by atoms with Crippen molar-refractivity contribution in [2.45, 2.75) is 30.7 Å². The minimum absolute atomic E-state index is 0.0104. The van der Waals surface area contributed by atoms with Gasteiger partial charge >= 0.3 is 0 Å². The average Bonchev–Trinajstić information content (AvgIpc) is 2.37. The highest BCUT2D eigenvalue weighted by molar-refractivity contribution is 8.00. The third kappa shape index (κ3) is 6.52. The fourth-order valence-corrected chi connectivity index (χ4v) is 2.34. The lowest BCUT2D eigenvalue weighted by Gasteiger charge is -2.08. The predicted molar refractivity (Wildman–Crippen MR) is 76.2 cm³/mol. The van der Waals surface area contributed by atoms with Gasteiger partial charge in [0.15, 0.2) is 0 Å². The molecule has 0 saturated carbocycles. The minimum Gasteiger partial charge on any atom is -0.395 e. The summed E-state index contributed by atoms with van der Waals surface area (Å²) in [6.07, 6.45) is 0.640. The molecular formula is C14H19NO3S. The third-order valence-electron chi connectivity index (χ3n) is 2.50. The zero-order valence-corrected chi connectivity index (χ0v) is 11.8. The van der Waals surface area contributed by atoms with E-state index in [0.717, 1.165) is 10.5 Å². The van der Waals surface area contributed by atoms with Gasteiger partial charge < -0.3 is 10.8 Å². The normalized spacial score (nSPS) is 12.2. The molecule has 0 saturated heterocycles. The second-order valence-electron chi connectivity index (χ2n) is 4.50. The molecule has 1 aromatic carbocycles. The number of Topliss-reactive ketones (excluding diaryl/α,β-unsaturated/α-hetero) is 2. The standard InChI is InChI=1S/C14H19NO3S/c1-10(17)6-13(18)9-19-14-4-2-11(3-5-14)7-12(15)8-16/h2-5,12,16H,6-9,15H2,1H3. The highest BCUT2D eigenvalue weighted by Gasteiger charge is 2.07. The molecule has 1 aromatic rings. The van der Waals surface area contributed by atoms with Crippen LogP contribution in [0.5, 0.6) is 0 Å². The van der Waals surface area contributed by atoms with Crippen LogP contribution in [0.1, 0.15) is 18.9 Å². The number of carbonyl (C=O) groups is 2. The van der Waals surface area contributed by atoms with Crippen LogP contribution in [0.2, 0.25) is 0 Å². The number of aliphatic hydroxyl groups is 1. The molecule has 0 aliphatic carbocycles. The maximum Gasteiger partial charge on any atom is 0.150 e. The van der Waals surface area contributed by atoms with Crippen molar-refractivity contribution < 1.29 is 14.7 Å². The lowest BCUT2D eigenvalue weighted by Crippen LogP contribution is -2.26. The summed E-state index contributed by atoms with van der Waals surface area (Å²) in [7, 11) is 0. The molecule has 3 N–H and O–H groups in total. The lowest BCUT2D eigenvalue weighted by molar-refractivity contribution is -0.124. The van der Waals surface area contributed by atoms with E-state index in [1.807, 2.05) is 24.3 Å². The second-order valence-corrected chi connectivity index (χ2v) is 5.55. The largest absolute Gasteiger partial charge is 0.395 e. The zero-order chi connectivity index (χ0) is 14.3. The van der Waals surface area contributed by atoms with E-state index in [0.29, 0.717) is 12.2 Å². The molecule has 1 rings (SSSR count). The fraction of sp³-hybridized carbons (Fsp3) is 0.429. The molecule has 19 heavy (non-hydrogen) atoms. The first kappa shape index (κ1) is 15.9.